The summed E-state index contributed by atoms with van der Waals surface area (Å²) >= 11 is 0. The summed E-state index contributed by atoms with van der Waals surface area (Å²) in [7, 11) is 0. The van der Waals surface area contributed by atoms with E-state index in [1.54, 1.807) is 24.3 Å². The molecule has 1 aromatic rings. The molecule has 5 nitrogen and oxygen atoms in total. The van der Waals surface area contributed by atoms with Crippen molar-refractivity contribution in [1.82, 2.24) is 4.90 Å². The van der Waals surface area contributed by atoms with Crippen LogP contribution in [-0.4, -0.2) is 42.3 Å². The van der Waals surface area contributed by atoms with Crippen molar-refractivity contribution in [2.75, 3.05) is 25.0 Å². The van der Waals surface area contributed by atoms with Gasteiger partial charge in [-0.05, 0) is 57.0 Å². The third kappa shape index (κ3) is 4.12. The fraction of sp³-hybridized carbons (Fsp3) is 0.500. The molecule has 114 valence electrons. The number of ketones is 1. The second-order valence-corrected chi connectivity index (χ2v) is 5.80. The van der Waals surface area contributed by atoms with Gasteiger partial charge in [-0.15, -0.1) is 0 Å². The number of hydrogen-bond donors (Lipinski definition) is 2. The molecule has 1 heterocycles. The van der Waals surface area contributed by atoms with Crippen molar-refractivity contribution in [1.29, 1.82) is 0 Å². The molecule has 2 unspecified atom stereocenters. The normalized spacial score (nSPS) is 22.2. The van der Waals surface area contributed by atoms with Crippen LogP contribution in [0.4, 0.5) is 5.69 Å². The predicted octanol–water partition coefficient (Wildman–Crippen LogP) is 1.50. The maximum Gasteiger partial charge on any atom is 0.238 e. The van der Waals surface area contributed by atoms with Crippen molar-refractivity contribution in [2.24, 2.45) is 11.7 Å². The number of nitrogens with two attached hydrogens (primary N) is 1. The Hall–Kier alpha value is -1.72. The predicted molar refractivity (Wildman–Crippen MR) is 83.3 cm³/mol. The van der Waals surface area contributed by atoms with Gasteiger partial charge in [-0.2, -0.15) is 0 Å². The topological polar surface area (TPSA) is 75.4 Å². The number of carbonyl (C=O) groups excluding carboxylic acids is 2. The number of amides is 1. The molecule has 1 aliphatic rings. The van der Waals surface area contributed by atoms with Gasteiger partial charge in [0.25, 0.3) is 0 Å². The number of anilines is 1. The summed E-state index contributed by atoms with van der Waals surface area (Å²) in [6.45, 7) is 5.59. The lowest BCUT2D eigenvalue weighted by molar-refractivity contribution is -0.117. The number of carbonyl (C=O) groups is 2. The summed E-state index contributed by atoms with van der Waals surface area (Å²) in [5, 5.41) is 2.87. The van der Waals surface area contributed by atoms with Crippen molar-refractivity contribution in [3.8, 4) is 0 Å². The fourth-order valence-electron chi connectivity index (χ4n) is 2.78. The van der Waals surface area contributed by atoms with Gasteiger partial charge in [0, 0.05) is 23.8 Å². The zero-order chi connectivity index (χ0) is 15.4. The molecular weight excluding hydrogens is 266 g/mol. The lowest BCUT2D eigenvalue weighted by atomic mass is 10.1. The van der Waals surface area contributed by atoms with Gasteiger partial charge >= 0.3 is 0 Å². The summed E-state index contributed by atoms with van der Waals surface area (Å²) in [4.78, 5) is 25.4. The van der Waals surface area contributed by atoms with Crippen LogP contribution < -0.4 is 11.1 Å². The van der Waals surface area contributed by atoms with Crippen LogP contribution in [0.2, 0.25) is 0 Å². The Balaban J connectivity index is 1.88. The third-order valence-electron chi connectivity index (χ3n) is 4.05. The summed E-state index contributed by atoms with van der Waals surface area (Å²) in [6, 6.07) is 7.35. The Labute approximate surface area is 125 Å². The van der Waals surface area contributed by atoms with Gasteiger partial charge in [0.1, 0.15) is 0 Å². The molecule has 0 aromatic heterocycles. The van der Waals surface area contributed by atoms with Gasteiger partial charge in [-0.3, -0.25) is 14.5 Å². The monoisotopic (exact) mass is 289 g/mol. The first-order valence-corrected chi connectivity index (χ1v) is 7.34. The molecule has 0 aliphatic carbocycles. The van der Waals surface area contributed by atoms with E-state index in [1.165, 1.54) is 6.92 Å². The smallest absolute Gasteiger partial charge is 0.238 e. The second kappa shape index (κ2) is 6.83. The molecule has 1 saturated heterocycles. The highest BCUT2D eigenvalue weighted by atomic mass is 16.2. The van der Waals surface area contributed by atoms with E-state index in [2.05, 4.69) is 17.1 Å². The number of likely N-dealkylation sites (tertiary alicyclic amines) is 1. The Bertz CT molecular complexity index is 513. The van der Waals surface area contributed by atoms with Gasteiger partial charge in [-0.25, -0.2) is 0 Å². The van der Waals surface area contributed by atoms with Gasteiger partial charge < -0.3 is 11.1 Å². The molecule has 1 aliphatic heterocycles. The molecule has 21 heavy (non-hydrogen) atoms. The van der Waals surface area contributed by atoms with Crippen molar-refractivity contribution in [3.63, 3.8) is 0 Å². The van der Waals surface area contributed by atoms with E-state index < -0.39 is 0 Å². The Morgan fingerprint density at radius 1 is 1.33 bits per heavy atom. The maximum atomic E-state index is 12.1. The number of rotatable bonds is 5. The quantitative estimate of drug-likeness (QED) is 0.805. The van der Waals surface area contributed by atoms with Crippen LogP contribution in [0.15, 0.2) is 24.3 Å². The highest BCUT2D eigenvalue weighted by Crippen LogP contribution is 2.21. The zero-order valence-electron chi connectivity index (χ0n) is 12.6. The van der Waals surface area contributed by atoms with Crippen LogP contribution in [0.25, 0.3) is 0 Å². The van der Waals surface area contributed by atoms with E-state index in [4.69, 9.17) is 5.73 Å². The molecule has 2 atom stereocenters. The molecule has 1 aromatic carbocycles. The molecule has 0 bridgehead atoms. The van der Waals surface area contributed by atoms with Crippen molar-refractivity contribution < 1.29 is 9.59 Å². The van der Waals surface area contributed by atoms with E-state index in [-0.39, 0.29) is 11.7 Å². The molecule has 3 N–H and O–H groups in total. The summed E-state index contributed by atoms with van der Waals surface area (Å²) in [6.07, 6.45) is 1.05. The molecule has 1 amide bonds. The van der Waals surface area contributed by atoms with Crippen LogP contribution in [0.1, 0.15) is 30.6 Å². The summed E-state index contributed by atoms with van der Waals surface area (Å²) in [5.74, 6) is 0.476. The average molecular weight is 289 g/mol. The number of nitrogens with zero attached hydrogens (tertiary/aromatic N) is 1. The van der Waals surface area contributed by atoms with Crippen LogP contribution in [0.3, 0.4) is 0 Å². The van der Waals surface area contributed by atoms with Gasteiger partial charge in [0.15, 0.2) is 5.78 Å². The van der Waals surface area contributed by atoms with E-state index in [9.17, 15) is 9.59 Å². The van der Waals surface area contributed by atoms with E-state index in [0.29, 0.717) is 36.3 Å². The minimum Gasteiger partial charge on any atom is -0.330 e. The van der Waals surface area contributed by atoms with Gasteiger partial charge in [0.2, 0.25) is 5.91 Å². The number of Topliss-reactive ketones (excluding diaryl/α,β-unsaturated/α-hetero) is 1. The molecule has 2 rings (SSSR count). The SMILES string of the molecule is CC(=O)c1ccc(NC(=O)CN2CC(CN)CC2C)cc1. The zero-order valence-corrected chi connectivity index (χ0v) is 12.6. The highest BCUT2D eigenvalue weighted by molar-refractivity contribution is 5.96. The second-order valence-electron chi connectivity index (χ2n) is 5.80. The molecule has 5 heteroatoms. The van der Waals surface area contributed by atoms with E-state index >= 15 is 0 Å². The number of nitrogens with one attached hydrogen (secondary N) is 1. The molecule has 1 fully saturated rings. The third-order valence-corrected chi connectivity index (χ3v) is 4.05. The number of hydrogen-bond acceptors (Lipinski definition) is 4. The van der Waals surface area contributed by atoms with Crippen molar-refractivity contribution >= 4 is 17.4 Å². The standard InChI is InChI=1S/C16H23N3O2/c1-11-7-13(8-17)9-19(11)10-16(21)18-15-5-3-14(4-6-15)12(2)20/h3-6,11,13H,7-10,17H2,1-2H3,(H,18,21). The average Bonchev–Trinajstić information content (AvgIpc) is 2.80. The Morgan fingerprint density at radius 2 is 2.00 bits per heavy atom. The maximum absolute atomic E-state index is 12.1. The van der Waals surface area contributed by atoms with Crippen molar-refractivity contribution in [3.05, 3.63) is 29.8 Å². The van der Waals surface area contributed by atoms with E-state index in [1.807, 2.05) is 0 Å². The van der Waals surface area contributed by atoms with Gasteiger partial charge in [-0.1, -0.05) is 0 Å². The lowest BCUT2D eigenvalue weighted by Crippen LogP contribution is -2.36. The van der Waals surface area contributed by atoms with Crippen molar-refractivity contribution in [2.45, 2.75) is 26.3 Å². The first-order chi connectivity index (χ1) is 9.99. The highest BCUT2D eigenvalue weighted by Gasteiger charge is 2.29. The summed E-state index contributed by atoms with van der Waals surface area (Å²) in [5.41, 5.74) is 7.06. The largest absolute Gasteiger partial charge is 0.330 e. The Kier molecular flexibility index (Phi) is 5.09. The minimum absolute atomic E-state index is 0.0200. The first-order valence-electron chi connectivity index (χ1n) is 7.34. The van der Waals surface area contributed by atoms with E-state index in [0.717, 1.165) is 13.0 Å². The lowest BCUT2D eigenvalue weighted by Gasteiger charge is -2.20. The molecule has 0 radical (unpaired) electrons. The molecule has 0 saturated carbocycles. The number of benzene rings is 1. The fourth-order valence-corrected chi connectivity index (χ4v) is 2.78. The Morgan fingerprint density at radius 3 is 2.52 bits per heavy atom. The van der Waals surface area contributed by atoms with Crippen LogP contribution >= 0.6 is 0 Å². The molecule has 0 spiro atoms. The minimum atomic E-state index is -0.0323. The molecular formula is C16H23N3O2. The first kappa shape index (κ1) is 15.7. The van der Waals surface area contributed by atoms with Crippen LogP contribution in [0.5, 0.6) is 0 Å². The van der Waals surface area contributed by atoms with Gasteiger partial charge in [0.05, 0.1) is 6.54 Å². The van der Waals surface area contributed by atoms with Crippen LogP contribution in [-0.2, 0) is 4.79 Å². The summed E-state index contributed by atoms with van der Waals surface area (Å²) < 4.78 is 0. The van der Waals surface area contributed by atoms with Crippen LogP contribution in [0, 0.1) is 5.92 Å².